The van der Waals surface area contributed by atoms with Gasteiger partial charge in [-0.25, -0.2) is 0 Å². The van der Waals surface area contributed by atoms with Gasteiger partial charge in [0.15, 0.2) is 5.84 Å². The fourth-order valence-corrected chi connectivity index (χ4v) is 2.09. The molecule has 0 fully saturated rings. The van der Waals surface area contributed by atoms with Crippen LogP contribution in [0.1, 0.15) is 19.4 Å². The summed E-state index contributed by atoms with van der Waals surface area (Å²) >= 11 is 3.42. The lowest BCUT2D eigenvalue weighted by Crippen LogP contribution is -2.37. The number of amidine groups is 1. The van der Waals surface area contributed by atoms with Gasteiger partial charge in [0.2, 0.25) is 6.29 Å². The molecule has 1 aromatic rings. The fourth-order valence-electron chi connectivity index (χ4n) is 1.68. The number of halogens is 1. The van der Waals surface area contributed by atoms with Gasteiger partial charge in [-0.3, -0.25) is 5.41 Å². The van der Waals surface area contributed by atoms with Crippen molar-refractivity contribution in [3.8, 4) is 5.75 Å². The average molecular weight is 345 g/mol. The number of nitrogens with one attached hydrogen (secondary N) is 2. The van der Waals surface area contributed by atoms with E-state index in [1.807, 2.05) is 32.0 Å². The van der Waals surface area contributed by atoms with Gasteiger partial charge in [0, 0.05) is 29.8 Å². The van der Waals surface area contributed by atoms with E-state index in [1.165, 1.54) is 0 Å². The number of ether oxygens (including phenoxy) is 3. The van der Waals surface area contributed by atoms with E-state index in [0.29, 0.717) is 19.8 Å². The van der Waals surface area contributed by atoms with Crippen LogP contribution in [0.15, 0.2) is 22.7 Å². The van der Waals surface area contributed by atoms with Gasteiger partial charge in [0.1, 0.15) is 5.75 Å². The van der Waals surface area contributed by atoms with Crippen LogP contribution in [-0.2, 0) is 16.0 Å². The number of hydrogen-bond donors (Lipinski definition) is 2. The Morgan fingerprint density at radius 3 is 2.50 bits per heavy atom. The van der Waals surface area contributed by atoms with Crippen LogP contribution in [-0.4, -0.2) is 32.4 Å². The third kappa shape index (κ3) is 5.11. The zero-order chi connectivity index (χ0) is 15.0. The van der Waals surface area contributed by atoms with E-state index in [9.17, 15) is 0 Å². The van der Waals surface area contributed by atoms with E-state index in [2.05, 4.69) is 21.2 Å². The summed E-state index contributed by atoms with van der Waals surface area (Å²) in [5.74, 6) is 0.980. The molecule has 0 aliphatic carbocycles. The van der Waals surface area contributed by atoms with E-state index < -0.39 is 6.29 Å². The lowest BCUT2D eigenvalue weighted by molar-refractivity contribution is -0.0923. The Balaban J connectivity index is 2.65. The summed E-state index contributed by atoms with van der Waals surface area (Å²) < 4.78 is 17.0. The highest BCUT2D eigenvalue weighted by molar-refractivity contribution is 9.10. The highest BCUT2D eigenvalue weighted by Crippen LogP contribution is 2.22. The molecule has 0 aliphatic rings. The molecule has 0 amide bonds. The van der Waals surface area contributed by atoms with Crippen molar-refractivity contribution in [1.82, 2.24) is 5.32 Å². The van der Waals surface area contributed by atoms with Crippen LogP contribution in [0.25, 0.3) is 0 Å². The van der Waals surface area contributed by atoms with Crippen LogP contribution in [0, 0.1) is 5.41 Å². The van der Waals surface area contributed by atoms with E-state index in [1.54, 1.807) is 7.11 Å². The first-order valence-electron chi connectivity index (χ1n) is 6.50. The first kappa shape index (κ1) is 16.9. The summed E-state index contributed by atoms with van der Waals surface area (Å²) in [4.78, 5) is 0. The van der Waals surface area contributed by atoms with Crippen LogP contribution >= 0.6 is 15.9 Å². The van der Waals surface area contributed by atoms with Crippen LogP contribution in [0.2, 0.25) is 0 Å². The zero-order valence-electron chi connectivity index (χ0n) is 12.0. The van der Waals surface area contributed by atoms with Gasteiger partial charge in [-0.2, -0.15) is 0 Å². The zero-order valence-corrected chi connectivity index (χ0v) is 13.6. The van der Waals surface area contributed by atoms with Crippen molar-refractivity contribution in [1.29, 1.82) is 5.41 Å². The Hall–Kier alpha value is -1.11. The van der Waals surface area contributed by atoms with Crippen molar-refractivity contribution in [2.45, 2.75) is 26.7 Å². The maximum absolute atomic E-state index is 7.97. The van der Waals surface area contributed by atoms with Crippen molar-refractivity contribution >= 4 is 21.8 Å². The molecule has 0 radical (unpaired) electrons. The van der Waals surface area contributed by atoms with Crippen molar-refractivity contribution in [3.05, 3.63) is 28.2 Å². The molecule has 0 bridgehead atoms. The van der Waals surface area contributed by atoms with Gasteiger partial charge >= 0.3 is 0 Å². The van der Waals surface area contributed by atoms with Crippen LogP contribution in [0.5, 0.6) is 5.75 Å². The molecule has 20 heavy (non-hydrogen) atoms. The van der Waals surface area contributed by atoms with Gasteiger partial charge in [-0.05, 0) is 32.0 Å². The highest BCUT2D eigenvalue weighted by atomic mass is 79.9. The van der Waals surface area contributed by atoms with Gasteiger partial charge in [0.05, 0.1) is 7.11 Å². The number of hydrogen-bond acceptors (Lipinski definition) is 4. The molecule has 0 unspecified atom stereocenters. The number of rotatable bonds is 8. The first-order chi connectivity index (χ1) is 9.62. The van der Waals surface area contributed by atoms with E-state index in [-0.39, 0.29) is 5.84 Å². The molecular weight excluding hydrogens is 324 g/mol. The SMILES string of the molecule is CCOC(OCC)C(=N)NCc1cc(Br)ccc1OC. The smallest absolute Gasteiger partial charge is 0.216 e. The standard InChI is InChI=1S/C14H21BrN2O3/c1-4-19-14(20-5-2)13(16)17-9-10-8-11(15)6-7-12(10)18-3/h6-8,14H,4-5,9H2,1-3H3,(H2,16,17). The van der Waals surface area contributed by atoms with Gasteiger partial charge in [-0.1, -0.05) is 15.9 Å². The molecule has 0 aliphatic heterocycles. The topological polar surface area (TPSA) is 63.6 Å². The molecule has 0 saturated carbocycles. The van der Waals surface area contributed by atoms with E-state index in [0.717, 1.165) is 15.8 Å². The quantitative estimate of drug-likeness (QED) is 0.432. The molecule has 2 N–H and O–H groups in total. The van der Waals surface area contributed by atoms with E-state index in [4.69, 9.17) is 19.6 Å². The summed E-state index contributed by atoms with van der Waals surface area (Å²) in [6.45, 7) is 5.20. The summed E-state index contributed by atoms with van der Waals surface area (Å²) in [6, 6.07) is 5.75. The molecule has 0 heterocycles. The third-order valence-electron chi connectivity index (χ3n) is 2.58. The second-order valence-corrected chi connectivity index (χ2v) is 4.88. The van der Waals surface area contributed by atoms with Crippen molar-refractivity contribution in [2.24, 2.45) is 0 Å². The van der Waals surface area contributed by atoms with Gasteiger partial charge in [-0.15, -0.1) is 0 Å². The maximum Gasteiger partial charge on any atom is 0.216 e. The summed E-state index contributed by atoms with van der Waals surface area (Å²) in [5.41, 5.74) is 0.957. The molecule has 0 saturated heterocycles. The monoisotopic (exact) mass is 344 g/mol. The Bertz CT molecular complexity index is 434. The molecule has 1 rings (SSSR count). The predicted octanol–water partition coefficient (Wildman–Crippen LogP) is 2.92. The lowest BCUT2D eigenvalue weighted by atomic mass is 10.2. The molecular formula is C14H21BrN2O3. The van der Waals surface area contributed by atoms with Crippen molar-refractivity contribution in [3.63, 3.8) is 0 Å². The van der Waals surface area contributed by atoms with Gasteiger partial charge in [0.25, 0.3) is 0 Å². The van der Waals surface area contributed by atoms with Gasteiger partial charge < -0.3 is 19.5 Å². The second-order valence-electron chi connectivity index (χ2n) is 3.97. The lowest BCUT2D eigenvalue weighted by Gasteiger charge is -2.19. The molecule has 0 aromatic heterocycles. The summed E-state index contributed by atoms with van der Waals surface area (Å²) in [5, 5.41) is 11.0. The minimum Gasteiger partial charge on any atom is -0.496 e. The number of methoxy groups -OCH3 is 1. The molecule has 0 atom stereocenters. The van der Waals surface area contributed by atoms with Crippen molar-refractivity contribution in [2.75, 3.05) is 20.3 Å². The largest absolute Gasteiger partial charge is 0.496 e. The Morgan fingerprint density at radius 2 is 1.95 bits per heavy atom. The highest BCUT2D eigenvalue weighted by Gasteiger charge is 2.15. The molecule has 6 heteroatoms. The third-order valence-corrected chi connectivity index (χ3v) is 3.08. The summed E-state index contributed by atoms with van der Waals surface area (Å²) in [6.07, 6.45) is -0.650. The van der Waals surface area contributed by atoms with Crippen LogP contribution in [0.4, 0.5) is 0 Å². The molecule has 5 nitrogen and oxygen atoms in total. The number of benzene rings is 1. The summed E-state index contributed by atoms with van der Waals surface area (Å²) in [7, 11) is 1.63. The molecule has 112 valence electrons. The fraction of sp³-hybridized carbons (Fsp3) is 0.500. The predicted molar refractivity (Wildman–Crippen MR) is 82.3 cm³/mol. The van der Waals surface area contributed by atoms with E-state index >= 15 is 0 Å². The minimum atomic E-state index is -0.650. The Labute approximate surface area is 128 Å². The maximum atomic E-state index is 7.97. The average Bonchev–Trinajstić information content (AvgIpc) is 2.44. The van der Waals surface area contributed by atoms with Crippen LogP contribution < -0.4 is 10.1 Å². The molecule has 1 aromatic carbocycles. The van der Waals surface area contributed by atoms with Crippen LogP contribution in [0.3, 0.4) is 0 Å². The first-order valence-corrected chi connectivity index (χ1v) is 7.29. The molecule has 0 spiro atoms. The minimum absolute atomic E-state index is 0.204. The van der Waals surface area contributed by atoms with Crippen molar-refractivity contribution < 1.29 is 14.2 Å². The normalized spacial score (nSPS) is 10.7. The second kappa shape index (κ2) is 8.94. The Morgan fingerprint density at radius 1 is 1.30 bits per heavy atom. The Kier molecular flexibility index (Phi) is 7.58.